The summed E-state index contributed by atoms with van der Waals surface area (Å²) in [5.41, 5.74) is 7.33. The second-order valence-corrected chi connectivity index (χ2v) is 4.70. The molecule has 2 heteroatoms. The predicted molar refractivity (Wildman–Crippen MR) is 63.8 cm³/mol. The number of aliphatic hydroxyl groups is 1. The molecule has 0 aliphatic carbocycles. The van der Waals surface area contributed by atoms with Crippen molar-refractivity contribution in [2.24, 2.45) is 5.73 Å². The summed E-state index contributed by atoms with van der Waals surface area (Å²) in [6.07, 6.45) is 2.77. The van der Waals surface area contributed by atoms with Crippen molar-refractivity contribution in [1.29, 1.82) is 0 Å². The van der Waals surface area contributed by atoms with Gasteiger partial charge >= 0.3 is 0 Å². The Kier molecular flexibility index (Phi) is 4.30. The molecule has 0 atom stereocenters. The van der Waals surface area contributed by atoms with E-state index in [1.54, 1.807) is 0 Å². The van der Waals surface area contributed by atoms with E-state index in [1.807, 2.05) is 13.8 Å². The lowest BCUT2D eigenvalue weighted by atomic mass is 9.97. The van der Waals surface area contributed by atoms with Crippen molar-refractivity contribution in [3.63, 3.8) is 0 Å². The highest BCUT2D eigenvalue weighted by Crippen LogP contribution is 2.13. The van der Waals surface area contributed by atoms with Crippen LogP contribution in [0.2, 0.25) is 0 Å². The fraction of sp³-hybridized carbons (Fsp3) is 0.538. The molecule has 0 radical (unpaired) electrons. The van der Waals surface area contributed by atoms with E-state index in [0.29, 0.717) is 6.42 Å². The maximum Gasteiger partial charge on any atom is 0.0631 e. The van der Waals surface area contributed by atoms with Crippen LogP contribution in [0.3, 0.4) is 0 Å². The molecule has 0 aliphatic rings. The summed E-state index contributed by atoms with van der Waals surface area (Å²) in [7, 11) is 0. The Morgan fingerprint density at radius 3 is 2.13 bits per heavy atom. The van der Waals surface area contributed by atoms with Gasteiger partial charge in [-0.15, -0.1) is 0 Å². The first-order valence-electron chi connectivity index (χ1n) is 5.51. The molecule has 1 aromatic rings. The molecular formula is C13H21NO. The lowest BCUT2D eigenvalue weighted by molar-refractivity contribution is 0.0810. The maximum atomic E-state index is 9.67. The van der Waals surface area contributed by atoms with E-state index in [2.05, 4.69) is 24.3 Å². The maximum absolute atomic E-state index is 9.67. The molecule has 15 heavy (non-hydrogen) atoms. The Hall–Kier alpha value is -0.860. The topological polar surface area (TPSA) is 46.2 Å². The number of nitrogens with two attached hydrogens (primary N) is 1. The summed E-state index contributed by atoms with van der Waals surface area (Å²) >= 11 is 0. The molecule has 0 saturated heterocycles. The summed E-state index contributed by atoms with van der Waals surface area (Å²) in [5.74, 6) is 0. The highest BCUT2D eigenvalue weighted by molar-refractivity contribution is 5.23. The molecule has 2 nitrogen and oxygen atoms in total. The Morgan fingerprint density at radius 2 is 1.67 bits per heavy atom. The van der Waals surface area contributed by atoms with Crippen molar-refractivity contribution in [2.75, 3.05) is 6.54 Å². The molecule has 0 aromatic heterocycles. The second kappa shape index (κ2) is 5.29. The Bertz CT molecular complexity index is 284. The summed E-state index contributed by atoms with van der Waals surface area (Å²) < 4.78 is 0. The minimum Gasteiger partial charge on any atom is -0.390 e. The van der Waals surface area contributed by atoms with Crippen LogP contribution in [0.4, 0.5) is 0 Å². The van der Waals surface area contributed by atoms with Crippen LogP contribution in [0.25, 0.3) is 0 Å². The minimum atomic E-state index is -0.626. The summed E-state index contributed by atoms with van der Waals surface area (Å²) in [4.78, 5) is 0. The van der Waals surface area contributed by atoms with E-state index < -0.39 is 5.60 Å². The molecule has 1 rings (SSSR count). The quantitative estimate of drug-likeness (QED) is 0.774. The first kappa shape index (κ1) is 12.2. The first-order chi connectivity index (χ1) is 7.01. The van der Waals surface area contributed by atoms with Crippen LogP contribution in [0.1, 0.15) is 31.4 Å². The van der Waals surface area contributed by atoms with Crippen LogP contribution >= 0.6 is 0 Å². The van der Waals surface area contributed by atoms with Gasteiger partial charge < -0.3 is 10.8 Å². The average molecular weight is 207 g/mol. The molecule has 0 unspecified atom stereocenters. The highest BCUT2D eigenvalue weighted by atomic mass is 16.3. The fourth-order valence-electron chi connectivity index (χ4n) is 1.63. The third kappa shape index (κ3) is 4.96. The lowest BCUT2D eigenvalue weighted by Crippen LogP contribution is -2.21. The van der Waals surface area contributed by atoms with E-state index >= 15 is 0 Å². The van der Waals surface area contributed by atoms with Crippen LogP contribution < -0.4 is 5.73 Å². The largest absolute Gasteiger partial charge is 0.390 e. The van der Waals surface area contributed by atoms with Gasteiger partial charge in [-0.2, -0.15) is 0 Å². The molecule has 0 bridgehead atoms. The molecular weight excluding hydrogens is 186 g/mol. The number of benzene rings is 1. The molecule has 0 saturated carbocycles. The monoisotopic (exact) mass is 207 g/mol. The lowest BCUT2D eigenvalue weighted by Gasteiger charge is -2.17. The van der Waals surface area contributed by atoms with Gasteiger partial charge in [0.25, 0.3) is 0 Å². The van der Waals surface area contributed by atoms with Gasteiger partial charge in [0.15, 0.2) is 0 Å². The summed E-state index contributed by atoms with van der Waals surface area (Å²) in [5, 5.41) is 9.67. The SMILES string of the molecule is CC(C)(O)Cc1ccc(CCCN)cc1. The van der Waals surface area contributed by atoms with Crippen molar-refractivity contribution in [3.05, 3.63) is 35.4 Å². The van der Waals surface area contributed by atoms with Gasteiger partial charge in [0.1, 0.15) is 0 Å². The van der Waals surface area contributed by atoms with Crippen molar-refractivity contribution >= 4 is 0 Å². The number of rotatable bonds is 5. The Morgan fingerprint density at radius 1 is 1.13 bits per heavy atom. The third-order valence-electron chi connectivity index (χ3n) is 2.33. The van der Waals surface area contributed by atoms with Gasteiger partial charge in [0.05, 0.1) is 5.60 Å². The van der Waals surface area contributed by atoms with E-state index in [9.17, 15) is 5.11 Å². The van der Waals surface area contributed by atoms with Crippen LogP contribution in [0, 0.1) is 0 Å². The number of aryl methyl sites for hydroxylation is 1. The number of hydrogen-bond acceptors (Lipinski definition) is 2. The molecule has 0 fully saturated rings. The van der Waals surface area contributed by atoms with Gasteiger partial charge in [-0.05, 0) is 44.4 Å². The van der Waals surface area contributed by atoms with Crippen LogP contribution in [0.5, 0.6) is 0 Å². The normalized spacial score (nSPS) is 11.7. The molecule has 0 amide bonds. The van der Waals surface area contributed by atoms with Crippen molar-refractivity contribution < 1.29 is 5.11 Å². The van der Waals surface area contributed by atoms with Crippen molar-refractivity contribution in [2.45, 2.75) is 38.7 Å². The zero-order chi connectivity index (χ0) is 11.3. The highest BCUT2D eigenvalue weighted by Gasteiger charge is 2.12. The predicted octanol–water partition coefficient (Wildman–Crippen LogP) is 1.89. The fourth-order valence-corrected chi connectivity index (χ4v) is 1.63. The zero-order valence-corrected chi connectivity index (χ0v) is 9.66. The van der Waals surface area contributed by atoms with Crippen LogP contribution in [-0.4, -0.2) is 17.3 Å². The summed E-state index contributed by atoms with van der Waals surface area (Å²) in [6, 6.07) is 8.42. The van der Waals surface area contributed by atoms with Gasteiger partial charge in [-0.3, -0.25) is 0 Å². The first-order valence-corrected chi connectivity index (χ1v) is 5.51. The zero-order valence-electron chi connectivity index (χ0n) is 9.66. The molecule has 0 aliphatic heterocycles. The van der Waals surface area contributed by atoms with Gasteiger partial charge in [0.2, 0.25) is 0 Å². The van der Waals surface area contributed by atoms with Crippen molar-refractivity contribution in [1.82, 2.24) is 0 Å². The van der Waals surface area contributed by atoms with Crippen LogP contribution in [0.15, 0.2) is 24.3 Å². The van der Waals surface area contributed by atoms with Gasteiger partial charge in [-0.25, -0.2) is 0 Å². The van der Waals surface area contributed by atoms with E-state index in [1.165, 1.54) is 11.1 Å². The Labute approximate surface area is 92.1 Å². The van der Waals surface area contributed by atoms with Gasteiger partial charge in [0, 0.05) is 6.42 Å². The Balaban J connectivity index is 2.56. The summed E-state index contributed by atoms with van der Waals surface area (Å²) in [6.45, 7) is 4.40. The molecule has 3 N–H and O–H groups in total. The van der Waals surface area contributed by atoms with Crippen LogP contribution in [-0.2, 0) is 12.8 Å². The average Bonchev–Trinajstić information content (AvgIpc) is 2.14. The van der Waals surface area contributed by atoms with Crippen molar-refractivity contribution in [3.8, 4) is 0 Å². The third-order valence-corrected chi connectivity index (χ3v) is 2.33. The smallest absolute Gasteiger partial charge is 0.0631 e. The second-order valence-electron chi connectivity index (χ2n) is 4.70. The molecule has 0 heterocycles. The van der Waals surface area contributed by atoms with E-state index in [-0.39, 0.29) is 0 Å². The molecule has 0 spiro atoms. The molecule has 84 valence electrons. The standard InChI is InChI=1S/C13H21NO/c1-13(2,15)10-12-7-5-11(6-8-12)4-3-9-14/h5-8,15H,3-4,9-10,14H2,1-2H3. The van der Waals surface area contributed by atoms with E-state index in [0.717, 1.165) is 19.4 Å². The molecule has 1 aromatic carbocycles. The number of hydrogen-bond donors (Lipinski definition) is 2. The van der Waals surface area contributed by atoms with E-state index in [4.69, 9.17) is 5.73 Å². The van der Waals surface area contributed by atoms with Gasteiger partial charge in [-0.1, -0.05) is 24.3 Å². The minimum absolute atomic E-state index is 0.626.